The van der Waals surface area contributed by atoms with Crippen LogP contribution in [0.15, 0.2) is 30.3 Å². The fourth-order valence-electron chi connectivity index (χ4n) is 1.96. The Bertz CT molecular complexity index is 718. The van der Waals surface area contributed by atoms with E-state index < -0.39 is 10.8 Å². The summed E-state index contributed by atoms with van der Waals surface area (Å²) in [7, 11) is 0. The Hall–Kier alpha value is -1.63. The van der Waals surface area contributed by atoms with Gasteiger partial charge >= 0.3 is 0 Å². The Morgan fingerprint density at radius 2 is 2.05 bits per heavy atom. The van der Waals surface area contributed by atoms with E-state index in [-0.39, 0.29) is 16.3 Å². The maximum Gasteiger partial charge on any atom is 0.283 e. The minimum atomic E-state index is -0.602. The molecule has 116 valence electrons. The van der Waals surface area contributed by atoms with Crippen molar-refractivity contribution in [3.8, 4) is 0 Å². The van der Waals surface area contributed by atoms with Crippen LogP contribution < -0.4 is 0 Å². The number of hydrogen-bond acceptors (Lipinski definition) is 4. The number of benzene rings is 1. The van der Waals surface area contributed by atoms with Crippen molar-refractivity contribution in [1.82, 2.24) is 4.90 Å². The summed E-state index contributed by atoms with van der Waals surface area (Å²) in [5, 5.41) is 11.3. The van der Waals surface area contributed by atoms with E-state index in [0.717, 1.165) is 4.88 Å². The van der Waals surface area contributed by atoms with Gasteiger partial charge in [-0.05, 0) is 31.2 Å². The lowest BCUT2D eigenvalue weighted by molar-refractivity contribution is -0.385. The molecule has 0 atom stereocenters. The summed E-state index contributed by atoms with van der Waals surface area (Å²) in [6.45, 7) is 2.59. The fraction of sp³-hybridized carbons (Fsp3) is 0.214. The average Bonchev–Trinajstić information content (AvgIpc) is 2.89. The molecule has 0 aliphatic heterocycles. The van der Waals surface area contributed by atoms with E-state index in [0.29, 0.717) is 17.4 Å². The van der Waals surface area contributed by atoms with Crippen molar-refractivity contribution in [1.29, 1.82) is 0 Å². The van der Waals surface area contributed by atoms with Gasteiger partial charge in [0.25, 0.3) is 11.6 Å². The third-order valence-corrected chi connectivity index (χ3v) is 4.48. The Morgan fingerprint density at radius 1 is 1.32 bits per heavy atom. The average molecular weight is 359 g/mol. The predicted octanol–water partition coefficient (Wildman–Crippen LogP) is 4.63. The van der Waals surface area contributed by atoms with E-state index in [4.69, 9.17) is 23.2 Å². The zero-order valence-corrected chi connectivity index (χ0v) is 13.9. The Morgan fingerprint density at radius 3 is 2.59 bits per heavy atom. The van der Waals surface area contributed by atoms with Crippen LogP contribution in [0.4, 0.5) is 5.69 Å². The highest BCUT2D eigenvalue weighted by Gasteiger charge is 2.24. The lowest BCUT2D eigenvalue weighted by Gasteiger charge is -2.20. The molecule has 0 radical (unpaired) electrons. The zero-order valence-electron chi connectivity index (χ0n) is 11.6. The van der Waals surface area contributed by atoms with Gasteiger partial charge in [-0.15, -0.1) is 11.3 Å². The van der Waals surface area contributed by atoms with E-state index >= 15 is 0 Å². The molecule has 1 amide bonds. The minimum Gasteiger partial charge on any atom is -0.334 e. The topological polar surface area (TPSA) is 63.5 Å². The van der Waals surface area contributed by atoms with Crippen molar-refractivity contribution in [2.24, 2.45) is 0 Å². The number of hydrogen-bond donors (Lipinski definition) is 0. The van der Waals surface area contributed by atoms with Crippen LogP contribution in [0.1, 0.15) is 22.2 Å². The first-order valence-corrected chi connectivity index (χ1v) is 7.97. The molecule has 1 aromatic carbocycles. The second-order valence-electron chi connectivity index (χ2n) is 4.44. The molecule has 5 nitrogen and oxygen atoms in total. The second-order valence-corrected chi connectivity index (χ2v) is 6.68. The molecule has 0 bridgehead atoms. The number of carbonyl (C=O) groups is 1. The van der Waals surface area contributed by atoms with Gasteiger partial charge in [-0.25, -0.2) is 0 Å². The summed E-state index contributed by atoms with van der Waals surface area (Å²) in [5.41, 5.74) is -0.265. The fourth-order valence-corrected chi connectivity index (χ4v) is 3.23. The number of carbonyl (C=O) groups excluding carboxylic acids is 1. The number of nitro groups is 1. The first kappa shape index (κ1) is 16.7. The summed E-state index contributed by atoms with van der Waals surface area (Å²) in [4.78, 5) is 25.5. The lowest BCUT2D eigenvalue weighted by atomic mass is 10.1. The van der Waals surface area contributed by atoms with Crippen molar-refractivity contribution < 1.29 is 9.72 Å². The van der Waals surface area contributed by atoms with Crippen molar-refractivity contribution >= 4 is 46.1 Å². The standard InChI is InChI=1S/C14H12Cl2N2O3S/c1-2-17(8-10-4-6-13(16)22-10)14(19)11-5-3-9(15)7-12(11)18(20)21/h3-7H,2,8H2,1H3. The van der Waals surface area contributed by atoms with Crippen LogP contribution in [0.25, 0.3) is 0 Å². The number of amides is 1. The molecule has 0 aliphatic rings. The van der Waals surface area contributed by atoms with Gasteiger partial charge in [-0.2, -0.15) is 0 Å². The normalized spacial score (nSPS) is 10.5. The zero-order chi connectivity index (χ0) is 16.3. The van der Waals surface area contributed by atoms with Gasteiger partial charge in [-0.1, -0.05) is 23.2 Å². The summed E-state index contributed by atoms with van der Waals surface area (Å²) >= 11 is 13.0. The molecule has 1 aromatic heterocycles. The van der Waals surface area contributed by atoms with Gasteiger partial charge in [0, 0.05) is 22.5 Å². The number of nitrogens with zero attached hydrogens (tertiary/aromatic N) is 2. The summed E-state index contributed by atoms with van der Waals surface area (Å²) in [6.07, 6.45) is 0. The highest BCUT2D eigenvalue weighted by atomic mass is 35.5. The summed E-state index contributed by atoms with van der Waals surface area (Å²) in [5.74, 6) is -0.407. The van der Waals surface area contributed by atoms with E-state index in [1.165, 1.54) is 34.4 Å². The lowest BCUT2D eigenvalue weighted by Crippen LogP contribution is -2.30. The highest BCUT2D eigenvalue weighted by Crippen LogP contribution is 2.27. The van der Waals surface area contributed by atoms with Gasteiger partial charge in [0.2, 0.25) is 0 Å². The van der Waals surface area contributed by atoms with Crippen LogP contribution in [-0.2, 0) is 6.54 Å². The van der Waals surface area contributed by atoms with Gasteiger partial charge in [-0.3, -0.25) is 14.9 Å². The largest absolute Gasteiger partial charge is 0.334 e. The monoisotopic (exact) mass is 358 g/mol. The molecule has 8 heteroatoms. The third kappa shape index (κ3) is 3.76. The summed E-state index contributed by atoms with van der Waals surface area (Å²) < 4.78 is 0.635. The molecule has 0 fully saturated rings. The first-order valence-electron chi connectivity index (χ1n) is 6.39. The van der Waals surface area contributed by atoms with Gasteiger partial charge in [0.05, 0.1) is 15.8 Å². The van der Waals surface area contributed by atoms with Crippen LogP contribution in [0.3, 0.4) is 0 Å². The molecule has 0 spiro atoms. The van der Waals surface area contributed by atoms with Crippen molar-refractivity contribution in [2.75, 3.05) is 6.54 Å². The quantitative estimate of drug-likeness (QED) is 0.578. The predicted molar refractivity (Wildman–Crippen MR) is 87.8 cm³/mol. The molecule has 22 heavy (non-hydrogen) atoms. The molecular weight excluding hydrogens is 347 g/mol. The second kappa shape index (κ2) is 7.09. The van der Waals surface area contributed by atoms with E-state index in [9.17, 15) is 14.9 Å². The van der Waals surface area contributed by atoms with E-state index in [2.05, 4.69) is 0 Å². The van der Waals surface area contributed by atoms with Crippen molar-refractivity contribution in [3.63, 3.8) is 0 Å². The van der Waals surface area contributed by atoms with Crippen LogP contribution in [0.2, 0.25) is 9.36 Å². The smallest absolute Gasteiger partial charge is 0.283 e. The van der Waals surface area contributed by atoms with Gasteiger partial charge in [0.15, 0.2) is 0 Å². The number of rotatable bonds is 5. The van der Waals surface area contributed by atoms with Crippen LogP contribution in [0.5, 0.6) is 0 Å². The van der Waals surface area contributed by atoms with Crippen LogP contribution in [0, 0.1) is 10.1 Å². The molecule has 0 N–H and O–H groups in total. The van der Waals surface area contributed by atoms with Crippen molar-refractivity contribution in [3.05, 3.63) is 60.2 Å². The molecular formula is C14H12Cl2N2O3S. The van der Waals surface area contributed by atoms with Gasteiger partial charge < -0.3 is 4.90 Å². The highest BCUT2D eigenvalue weighted by molar-refractivity contribution is 7.16. The van der Waals surface area contributed by atoms with E-state index in [1.54, 1.807) is 6.07 Å². The van der Waals surface area contributed by atoms with Gasteiger partial charge in [0.1, 0.15) is 5.56 Å². The molecule has 2 rings (SSSR count). The van der Waals surface area contributed by atoms with Crippen LogP contribution in [-0.4, -0.2) is 22.3 Å². The Labute approximate surface area is 141 Å². The first-order chi connectivity index (χ1) is 10.4. The SMILES string of the molecule is CCN(Cc1ccc(Cl)s1)C(=O)c1ccc(Cl)cc1[N+](=O)[O-]. The Balaban J connectivity index is 2.30. The molecule has 0 aliphatic carbocycles. The number of thiophene rings is 1. The Kier molecular flexibility index (Phi) is 5.39. The van der Waals surface area contributed by atoms with E-state index in [1.807, 2.05) is 13.0 Å². The third-order valence-electron chi connectivity index (χ3n) is 3.03. The molecule has 0 unspecified atom stereocenters. The molecule has 0 saturated heterocycles. The summed E-state index contributed by atoms with van der Waals surface area (Å²) in [6, 6.07) is 7.62. The number of halogens is 2. The molecule has 1 heterocycles. The maximum absolute atomic E-state index is 12.6. The molecule has 0 saturated carbocycles. The van der Waals surface area contributed by atoms with Crippen LogP contribution >= 0.6 is 34.5 Å². The number of nitro benzene ring substituents is 1. The molecule has 2 aromatic rings. The minimum absolute atomic E-state index is 0.0268. The van der Waals surface area contributed by atoms with Crippen molar-refractivity contribution in [2.45, 2.75) is 13.5 Å². The maximum atomic E-state index is 12.6.